The summed E-state index contributed by atoms with van der Waals surface area (Å²) in [7, 11) is 0. The van der Waals surface area contributed by atoms with E-state index in [1.165, 1.54) is 12.1 Å². The van der Waals surface area contributed by atoms with Crippen LogP contribution in [0.15, 0.2) is 29.6 Å². The quantitative estimate of drug-likeness (QED) is 0.803. The van der Waals surface area contributed by atoms with E-state index in [2.05, 4.69) is 16.8 Å². The molecule has 1 heterocycles. The molecule has 0 aliphatic rings. The van der Waals surface area contributed by atoms with E-state index in [1.54, 1.807) is 11.0 Å². The summed E-state index contributed by atoms with van der Waals surface area (Å²) in [6.45, 7) is 10.2. The van der Waals surface area contributed by atoms with E-state index in [9.17, 15) is 9.59 Å². The Morgan fingerprint density at radius 1 is 1.50 bits per heavy atom. The van der Waals surface area contributed by atoms with Crippen LogP contribution >= 0.6 is 0 Å². The number of amides is 1. The summed E-state index contributed by atoms with van der Waals surface area (Å²) < 4.78 is 0. The predicted molar refractivity (Wildman–Crippen MR) is 70.4 cm³/mol. The lowest BCUT2D eigenvalue weighted by Crippen LogP contribution is -2.42. The van der Waals surface area contributed by atoms with Crippen molar-refractivity contribution in [3.8, 4) is 0 Å². The van der Waals surface area contributed by atoms with Crippen LogP contribution in [0.2, 0.25) is 0 Å². The molecule has 0 fully saturated rings. The Hall–Kier alpha value is -1.91. The smallest absolute Gasteiger partial charge is 0.274 e. The molecule has 0 aromatic carbocycles. The molecule has 0 saturated heterocycles. The van der Waals surface area contributed by atoms with E-state index < -0.39 is 0 Å². The Morgan fingerprint density at radius 3 is 2.61 bits per heavy atom. The van der Waals surface area contributed by atoms with Gasteiger partial charge in [-0.2, -0.15) is 5.10 Å². The van der Waals surface area contributed by atoms with Gasteiger partial charge in [-0.3, -0.25) is 9.59 Å². The van der Waals surface area contributed by atoms with Crippen molar-refractivity contribution in [1.82, 2.24) is 15.1 Å². The van der Waals surface area contributed by atoms with Crippen LogP contribution in [0, 0.1) is 5.92 Å². The van der Waals surface area contributed by atoms with Gasteiger partial charge in [-0.15, -0.1) is 6.58 Å². The predicted octanol–water partition coefficient (Wildman–Crippen LogP) is 1.44. The van der Waals surface area contributed by atoms with Gasteiger partial charge in [-0.25, -0.2) is 5.10 Å². The van der Waals surface area contributed by atoms with E-state index >= 15 is 0 Å². The van der Waals surface area contributed by atoms with Gasteiger partial charge in [-0.1, -0.05) is 19.9 Å². The van der Waals surface area contributed by atoms with Gasteiger partial charge in [0.2, 0.25) is 0 Å². The summed E-state index contributed by atoms with van der Waals surface area (Å²) in [6, 6.07) is 2.81. The van der Waals surface area contributed by atoms with E-state index in [0.717, 1.165) is 0 Å². The minimum atomic E-state index is -0.321. The molecule has 0 spiro atoms. The SMILES string of the molecule is C=CCN(C(=O)c1ccc(=O)[nH]n1)[C@@H](C)C(C)C. The van der Waals surface area contributed by atoms with Crippen molar-refractivity contribution in [2.24, 2.45) is 5.92 Å². The molecule has 0 aliphatic heterocycles. The van der Waals surface area contributed by atoms with Crippen molar-refractivity contribution < 1.29 is 4.79 Å². The van der Waals surface area contributed by atoms with E-state index in [-0.39, 0.29) is 23.2 Å². The standard InChI is InChI=1S/C13H19N3O2/c1-5-8-16(10(4)9(2)3)13(18)11-6-7-12(17)15-14-11/h5-7,9-10H,1,8H2,2-4H3,(H,15,17)/t10-/m0/s1. The van der Waals surface area contributed by atoms with Gasteiger partial charge in [0.05, 0.1) is 0 Å². The van der Waals surface area contributed by atoms with Crippen molar-refractivity contribution in [2.45, 2.75) is 26.8 Å². The number of nitrogens with zero attached hydrogens (tertiary/aromatic N) is 2. The average molecular weight is 249 g/mol. The van der Waals surface area contributed by atoms with Crippen LogP contribution in [0.25, 0.3) is 0 Å². The van der Waals surface area contributed by atoms with E-state index in [4.69, 9.17) is 0 Å². The topological polar surface area (TPSA) is 66.1 Å². The summed E-state index contributed by atoms with van der Waals surface area (Å²) in [6.07, 6.45) is 1.68. The first-order valence-corrected chi connectivity index (χ1v) is 5.95. The number of hydrogen-bond acceptors (Lipinski definition) is 3. The van der Waals surface area contributed by atoms with Gasteiger partial charge in [0.1, 0.15) is 5.69 Å². The molecule has 1 atom stereocenters. The summed E-state index contributed by atoms with van der Waals surface area (Å²) >= 11 is 0. The molecule has 1 N–H and O–H groups in total. The second-order valence-corrected chi connectivity index (χ2v) is 4.54. The fourth-order valence-corrected chi connectivity index (χ4v) is 1.54. The van der Waals surface area contributed by atoms with Crippen molar-refractivity contribution in [3.05, 3.63) is 40.8 Å². The normalized spacial score (nSPS) is 12.2. The number of H-pyrrole nitrogens is 1. The third-order valence-corrected chi connectivity index (χ3v) is 2.94. The van der Waals surface area contributed by atoms with E-state index in [1.807, 2.05) is 20.8 Å². The zero-order valence-corrected chi connectivity index (χ0v) is 11.0. The van der Waals surface area contributed by atoms with Crippen LogP contribution in [0.5, 0.6) is 0 Å². The van der Waals surface area contributed by atoms with E-state index in [0.29, 0.717) is 12.5 Å². The molecular weight excluding hydrogens is 230 g/mol. The first-order valence-electron chi connectivity index (χ1n) is 5.95. The first kappa shape index (κ1) is 14.2. The maximum atomic E-state index is 12.3. The highest BCUT2D eigenvalue weighted by Gasteiger charge is 2.23. The lowest BCUT2D eigenvalue weighted by molar-refractivity contribution is 0.0667. The molecule has 1 amide bonds. The van der Waals surface area contributed by atoms with Crippen LogP contribution in [-0.2, 0) is 0 Å². The third-order valence-electron chi connectivity index (χ3n) is 2.94. The van der Waals surface area contributed by atoms with Crippen LogP contribution in [0.1, 0.15) is 31.3 Å². The molecule has 5 heteroatoms. The maximum Gasteiger partial charge on any atom is 0.274 e. The highest BCUT2D eigenvalue weighted by atomic mass is 16.2. The average Bonchev–Trinajstić information content (AvgIpc) is 2.35. The Bertz CT molecular complexity index is 459. The van der Waals surface area contributed by atoms with Crippen molar-refractivity contribution in [2.75, 3.05) is 6.54 Å². The Labute approximate surface area is 107 Å². The maximum absolute atomic E-state index is 12.3. The van der Waals surface area contributed by atoms with Gasteiger partial charge in [0.25, 0.3) is 11.5 Å². The molecule has 1 aromatic rings. The van der Waals surface area contributed by atoms with Crippen LogP contribution in [-0.4, -0.2) is 33.6 Å². The first-order chi connectivity index (χ1) is 8.47. The number of rotatable bonds is 5. The summed E-state index contributed by atoms with van der Waals surface area (Å²) in [5.41, 5.74) is -0.0809. The Balaban J connectivity index is 2.98. The number of carbonyl (C=O) groups excluding carboxylic acids is 1. The number of hydrogen-bond donors (Lipinski definition) is 1. The zero-order valence-electron chi connectivity index (χ0n) is 11.0. The molecule has 1 aromatic heterocycles. The molecule has 0 aliphatic carbocycles. The molecule has 5 nitrogen and oxygen atoms in total. The number of nitrogens with one attached hydrogen (secondary N) is 1. The highest BCUT2D eigenvalue weighted by Crippen LogP contribution is 2.12. The minimum Gasteiger partial charge on any atom is -0.331 e. The fourth-order valence-electron chi connectivity index (χ4n) is 1.54. The molecular formula is C13H19N3O2. The summed E-state index contributed by atoms with van der Waals surface area (Å²) in [5, 5.41) is 6.03. The zero-order chi connectivity index (χ0) is 13.7. The molecule has 0 bridgehead atoms. The lowest BCUT2D eigenvalue weighted by Gasteiger charge is -2.30. The van der Waals surface area contributed by atoms with Crippen molar-refractivity contribution >= 4 is 5.91 Å². The van der Waals surface area contributed by atoms with Gasteiger partial charge in [0, 0.05) is 18.7 Å². The molecule has 1 rings (SSSR count). The minimum absolute atomic E-state index is 0.0734. The van der Waals surface area contributed by atoms with Crippen LogP contribution < -0.4 is 5.56 Å². The molecule has 18 heavy (non-hydrogen) atoms. The van der Waals surface area contributed by atoms with Crippen LogP contribution in [0.3, 0.4) is 0 Å². The third kappa shape index (κ3) is 3.29. The molecule has 98 valence electrons. The second kappa shape index (κ2) is 6.14. The van der Waals surface area contributed by atoms with Crippen molar-refractivity contribution in [3.63, 3.8) is 0 Å². The number of aromatic amines is 1. The lowest BCUT2D eigenvalue weighted by atomic mass is 10.0. The molecule has 0 unspecified atom stereocenters. The Morgan fingerprint density at radius 2 is 2.17 bits per heavy atom. The van der Waals surface area contributed by atoms with Gasteiger partial charge < -0.3 is 4.90 Å². The van der Waals surface area contributed by atoms with Gasteiger partial charge in [0.15, 0.2) is 0 Å². The summed E-state index contributed by atoms with van der Waals surface area (Å²) in [5.74, 6) is 0.129. The largest absolute Gasteiger partial charge is 0.331 e. The fraction of sp³-hybridized carbons (Fsp3) is 0.462. The highest BCUT2D eigenvalue weighted by molar-refractivity contribution is 5.92. The molecule has 0 saturated carbocycles. The Kier molecular flexibility index (Phi) is 4.83. The second-order valence-electron chi connectivity index (χ2n) is 4.54. The number of carbonyl (C=O) groups is 1. The van der Waals surface area contributed by atoms with Gasteiger partial charge in [-0.05, 0) is 18.9 Å². The van der Waals surface area contributed by atoms with Gasteiger partial charge >= 0.3 is 0 Å². The molecule has 0 radical (unpaired) electrons. The van der Waals surface area contributed by atoms with Crippen molar-refractivity contribution in [1.29, 1.82) is 0 Å². The monoisotopic (exact) mass is 249 g/mol. The summed E-state index contributed by atoms with van der Waals surface area (Å²) in [4.78, 5) is 24.9. The number of aromatic nitrogens is 2. The van der Waals surface area contributed by atoms with Crippen LogP contribution in [0.4, 0.5) is 0 Å².